The van der Waals surface area contributed by atoms with Crippen molar-refractivity contribution >= 4 is 35.6 Å². The summed E-state index contributed by atoms with van der Waals surface area (Å²) in [5, 5.41) is 3.33. The number of benzene rings is 2. The van der Waals surface area contributed by atoms with Crippen molar-refractivity contribution in [2.75, 3.05) is 12.3 Å². The van der Waals surface area contributed by atoms with Gasteiger partial charge in [0.2, 0.25) is 0 Å². The minimum absolute atomic E-state index is 0.0376. The molecule has 0 unspecified atom stereocenters. The molecule has 7 nitrogen and oxygen atoms in total. The van der Waals surface area contributed by atoms with Crippen LogP contribution in [0.15, 0.2) is 71.4 Å². The standard InChI is InChI=1S/C21H18ClN3O4/c22-16-8-4-5-14(11-16)9-10-19(26)28-12-17(15-6-2-1-3-7-15)24-20(27)18-13-29-21(23)25-18/h1-11,13,17H,12H2,(H2,23,25)(H,24,27)/b10-9+/t17-/m0/s1. The molecule has 2 aromatic carbocycles. The van der Waals surface area contributed by atoms with Gasteiger partial charge < -0.3 is 20.2 Å². The summed E-state index contributed by atoms with van der Waals surface area (Å²) in [6.45, 7) is -0.0677. The summed E-state index contributed by atoms with van der Waals surface area (Å²) < 4.78 is 10.2. The number of oxazole rings is 1. The van der Waals surface area contributed by atoms with Crippen LogP contribution in [0.3, 0.4) is 0 Å². The Labute approximate surface area is 172 Å². The number of nitrogens with one attached hydrogen (secondary N) is 1. The summed E-state index contributed by atoms with van der Waals surface area (Å²) in [5.74, 6) is -1.05. The summed E-state index contributed by atoms with van der Waals surface area (Å²) in [7, 11) is 0. The number of hydrogen-bond acceptors (Lipinski definition) is 6. The van der Waals surface area contributed by atoms with Gasteiger partial charge in [-0.1, -0.05) is 54.1 Å². The summed E-state index contributed by atoms with van der Waals surface area (Å²) >= 11 is 5.92. The largest absolute Gasteiger partial charge is 0.460 e. The molecule has 0 bridgehead atoms. The topological polar surface area (TPSA) is 107 Å². The number of halogens is 1. The molecule has 0 saturated carbocycles. The Morgan fingerprint density at radius 2 is 2.00 bits per heavy atom. The van der Waals surface area contributed by atoms with Gasteiger partial charge in [-0.15, -0.1) is 0 Å². The van der Waals surface area contributed by atoms with Crippen LogP contribution in [-0.2, 0) is 9.53 Å². The molecule has 0 saturated heterocycles. The fraction of sp³-hybridized carbons (Fsp3) is 0.0952. The average molecular weight is 412 g/mol. The molecule has 3 N–H and O–H groups in total. The van der Waals surface area contributed by atoms with Crippen LogP contribution in [0.5, 0.6) is 0 Å². The zero-order valence-corrected chi connectivity index (χ0v) is 16.0. The van der Waals surface area contributed by atoms with Crippen LogP contribution in [0, 0.1) is 0 Å². The van der Waals surface area contributed by atoms with Gasteiger partial charge in [0.1, 0.15) is 12.9 Å². The molecule has 0 aliphatic rings. The predicted octanol–water partition coefficient (Wildman–Crippen LogP) is 3.64. The number of carbonyl (C=O) groups is 2. The molecule has 8 heteroatoms. The van der Waals surface area contributed by atoms with Crippen LogP contribution in [0.25, 0.3) is 6.08 Å². The fourth-order valence-electron chi connectivity index (χ4n) is 2.52. The summed E-state index contributed by atoms with van der Waals surface area (Å²) in [6, 6.07) is 15.5. The highest BCUT2D eigenvalue weighted by Gasteiger charge is 2.19. The molecular formula is C21H18ClN3O4. The van der Waals surface area contributed by atoms with E-state index in [0.29, 0.717) is 5.02 Å². The minimum Gasteiger partial charge on any atom is -0.460 e. The van der Waals surface area contributed by atoms with Crippen LogP contribution < -0.4 is 11.1 Å². The van der Waals surface area contributed by atoms with Crippen LogP contribution in [0.2, 0.25) is 5.02 Å². The second-order valence-electron chi connectivity index (χ2n) is 6.03. The number of esters is 1. The number of aromatic nitrogens is 1. The van der Waals surface area contributed by atoms with E-state index in [1.807, 2.05) is 36.4 Å². The number of ether oxygens (including phenoxy) is 1. The Kier molecular flexibility index (Phi) is 6.65. The van der Waals surface area contributed by atoms with E-state index in [-0.39, 0.29) is 18.3 Å². The van der Waals surface area contributed by atoms with E-state index in [2.05, 4.69) is 10.3 Å². The van der Waals surface area contributed by atoms with E-state index in [1.54, 1.807) is 24.3 Å². The molecule has 0 aliphatic carbocycles. The third-order valence-electron chi connectivity index (χ3n) is 3.91. The monoisotopic (exact) mass is 411 g/mol. The predicted molar refractivity (Wildman–Crippen MR) is 109 cm³/mol. The lowest BCUT2D eigenvalue weighted by Gasteiger charge is -2.18. The maximum atomic E-state index is 12.4. The van der Waals surface area contributed by atoms with E-state index in [1.165, 1.54) is 6.08 Å². The second kappa shape index (κ2) is 9.57. The van der Waals surface area contributed by atoms with Crippen LogP contribution in [0.1, 0.15) is 27.7 Å². The molecule has 0 fully saturated rings. The molecule has 3 rings (SSSR count). The van der Waals surface area contributed by atoms with E-state index in [4.69, 9.17) is 26.5 Å². The van der Waals surface area contributed by atoms with Crippen molar-refractivity contribution in [3.8, 4) is 0 Å². The number of nitrogens with two attached hydrogens (primary N) is 1. The highest BCUT2D eigenvalue weighted by atomic mass is 35.5. The van der Waals surface area contributed by atoms with Gasteiger partial charge in [-0.25, -0.2) is 4.79 Å². The van der Waals surface area contributed by atoms with Gasteiger partial charge in [0.15, 0.2) is 5.69 Å². The van der Waals surface area contributed by atoms with Gasteiger partial charge in [0.25, 0.3) is 11.9 Å². The SMILES string of the molecule is Nc1nc(C(=O)N[C@@H](COC(=O)/C=C/c2cccc(Cl)c2)c2ccccc2)co1. The smallest absolute Gasteiger partial charge is 0.330 e. The third-order valence-corrected chi connectivity index (χ3v) is 4.15. The van der Waals surface area contributed by atoms with E-state index < -0.39 is 17.9 Å². The van der Waals surface area contributed by atoms with Gasteiger partial charge >= 0.3 is 5.97 Å². The first kappa shape index (κ1) is 20.2. The molecule has 148 valence electrons. The van der Waals surface area contributed by atoms with E-state index in [9.17, 15) is 9.59 Å². The molecule has 0 aliphatic heterocycles. The summed E-state index contributed by atoms with van der Waals surface area (Å²) in [6.07, 6.45) is 4.06. The molecule has 1 amide bonds. The van der Waals surface area contributed by atoms with Gasteiger partial charge in [-0.3, -0.25) is 4.79 Å². The van der Waals surface area contributed by atoms with Crippen molar-refractivity contribution in [2.45, 2.75) is 6.04 Å². The fourth-order valence-corrected chi connectivity index (χ4v) is 2.72. The first-order chi connectivity index (χ1) is 14.0. The number of rotatable bonds is 7. The molecule has 29 heavy (non-hydrogen) atoms. The zero-order valence-electron chi connectivity index (χ0n) is 15.2. The van der Waals surface area contributed by atoms with E-state index in [0.717, 1.165) is 17.4 Å². The van der Waals surface area contributed by atoms with Gasteiger partial charge in [0, 0.05) is 11.1 Å². The normalized spacial score (nSPS) is 11.9. The quantitative estimate of drug-likeness (QED) is 0.454. The summed E-state index contributed by atoms with van der Waals surface area (Å²) in [4.78, 5) is 28.3. The molecule has 1 aromatic heterocycles. The van der Waals surface area contributed by atoms with E-state index >= 15 is 0 Å². The molecule has 0 spiro atoms. The first-order valence-corrected chi connectivity index (χ1v) is 9.06. The lowest BCUT2D eigenvalue weighted by atomic mass is 10.1. The number of nitrogens with zero attached hydrogens (tertiary/aromatic N) is 1. The van der Waals surface area contributed by atoms with Gasteiger partial charge in [0.05, 0.1) is 6.04 Å². The maximum absolute atomic E-state index is 12.4. The molecule has 3 aromatic rings. The molecule has 1 heterocycles. The van der Waals surface area contributed by atoms with Crippen LogP contribution >= 0.6 is 11.6 Å². The van der Waals surface area contributed by atoms with Crippen molar-refractivity contribution < 1.29 is 18.7 Å². The Morgan fingerprint density at radius 1 is 1.21 bits per heavy atom. The highest BCUT2D eigenvalue weighted by Crippen LogP contribution is 2.15. The van der Waals surface area contributed by atoms with Gasteiger partial charge in [-0.05, 0) is 29.3 Å². The Hall–Kier alpha value is -3.58. The molecule has 0 radical (unpaired) electrons. The van der Waals surface area contributed by atoms with Crippen molar-refractivity contribution in [3.63, 3.8) is 0 Å². The summed E-state index contributed by atoms with van der Waals surface area (Å²) in [5.41, 5.74) is 6.98. The Balaban J connectivity index is 1.65. The Morgan fingerprint density at radius 3 is 2.69 bits per heavy atom. The second-order valence-corrected chi connectivity index (χ2v) is 6.46. The van der Waals surface area contributed by atoms with Gasteiger partial charge in [-0.2, -0.15) is 4.98 Å². The Bertz CT molecular complexity index is 1020. The van der Waals surface area contributed by atoms with Crippen molar-refractivity contribution in [1.29, 1.82) is 0 Å². The third kappa shape index (κ3) is 5.95. The lowest BCUT2D eigenvalue weighted by Crippen LogP contribution is -2.32. The number of carbonyl (C=O) groups excluding carboxylic acids is 2. The van der Waals surface area contributed by atoms with Crippen LogP contribution in [0.4, 0.5) is 6.01 Å². The zero-order chi connectivity index (χ0) is 20.6. The van der Waals surface area contributed by atoms with Crippen molar-refractivity contribution in [3.05, 3.63) is 88.8 Å². The number of amides is 1. The minimum atomic E-state index is -0.579. The van der Waals surface area contributed by atoms with Crippen molar-refractivity contribution in [2.24, 2.45) is 0 Å². The van der Waals surface area contributed by atoms with Crippen molar-refractivity contribution in [1.82, 2.24) is 10.3 Å². The molecular weight excluding hydrogens is 394 g/mol. The maximum Gasteiger partial charge on any atom is 0.330 e. The highest BCUT2D eigenvalue weighted by molar-refractivity contribution is 6.30. The molecule has 1 atom stereocenters. The number of hydrogen-bond donors (Lipinski definition) is 2. The first-order valence-electron chi connectivity index (χ1n) is 8.68. The number of nitrogen functional groups attached to an aromatic ring is 1. The number of anilines is 1. The average Bonchev–Trinajstić information content (AvgIpc) is 3.16. The van der Waals surface area contributed by atoms with Crippen LogP contribution in [-0.4, -0.2) is 23.5 Å². The lowest BCUT2D eigenvalue weighted by molar-refractivity contribution is -0.138.